The van der Waals surface area contributed by atoms with Gasteiger partial charge >= 0.3 is 0 Å². The quantitative estimate of drug-likeness (QED) is 0.617. The van der Waals surface area contributed by atoms with Gasteiger partial charge in [0.15, 0.2) is 5.65 Å². The molecule has 2 heterocycles. The first-order valence-corrected chi connectivity index (χ1v) is 9.15. The predicted octanol–water partition coefficient (Wildman–Crippen LogP) is 2.97. The van der Waals surface area contributed by atoms with E-state index in [1.54, 1.807) is 24.4 Å². The molecule has 0 amide bonds. The van der Waals surface area contributed by atoms with E-state index in [4.69, 9.17) is 4.74 Å². The van der Waals surface area contributed by atoms with E-state index in [1.165, 1.54) is 12.4 Å². The standard InChI is InChI=1S/C19H22FN5O2/c20-16-4-2-1-3-14(16)17(26)10-27-13-7-5-12(6-8-13)24-18-15-9-23-25-19(15)22-11-21-18/h1-4,9,11-13,17,26H,5-8,10H2,(H2,21,22,23,24,25)/t12?,13?,17-/m0/s1. The Labute approximate surface area is 156 Å². The van der Waals surface area contributed by atoms with Crippen LogP contribution in [0.5, 0.6) is 0 Å². The maximum absolute atomic E-state index is 13.7. The highest BCUT2D eigenvalue weighted by Crippen LogP contribution is 2.27. The molecule has 3 aromatic rings. The second kappa shape index (κ2) is 7.98. The monoisotopic (exact) mass is 371 g/mol. The molecule has 27 heavy (non-hydrogen) atoms. The van der Waals surface area contributed by atoms with Crippen molar-refractivity contribution in [1.82, 2.24) is 20.2 Å². The van der Waals surface area contributed by atoms with Crippen LogP contribution in [0.2, 0.25) is 0 Å². The van der Waals surface area contributed by atoms with Crippen LogP contribution in [0.3, 0.4) is 0 Å². The molecule has 1 aromatic carbocycles. The van der Waals surface area contributed by atoms with Crippen molar-refractivity contribution in [3.05, 3.63) is 48.2 Å². The molecular weight excluding hydrogens is 349 g/mol. The van der Waals surface area contributed by atoms with Crippen LogP contribution in [0.4, 0.5) is 10.2 Å². The Kier molecular flexibility index (Phi) is 5.26. The first-order valence-electron chi connectivity index (χ1n) is 9.15. The molecule has 0 saturated heterocycles. The SMILES string of the molecule is O[C@@H](COC1CCC(Nc2ncnc3[nH]ncc23)CC1)c1ccccc1F. The molecule has 0 bridgehead atoms. The number of hydrogen-bond acceptors (Lipinski definition) is 6. The van der Waals surface area contributed by atoms with Crippen LogP contribution in [-0.2, 0) is 4.74 Å². The molecule has 142 valence electrons. The normalized spacial score (nSPS) is 21.3. The Hall–Kier alpha value is -2.58. The van der Waals surface area contributed by atoms with Crippen LogP contribution in [0.15, 0.2) is 36.8 Å². The van der Waals surface area contributed by atoms with Crippen molar-refractivity contribution in [2.75, 3.05) is 11.9 Å². The van der Waals surface area contributed by atoms with E-state index in [9.17, 15) is 9.50 Å². The predicted molar refractivity (Wildman–Crippen MR) is 98.7 cm³/mol. The van der Waals surface area contributed by atoms with Crippen LogP contribution >= 0.6 is 0 Å². The summed E-state index contributed by atoms with van der Waals surface area (Å²) in [6.07, 6.45) is 5.98. The van der Waals surface area contributed by atoms with Crippen molar-refractivity contribution < 1.29 is 14.2 Å². The van der Waals surface area contributed by atoms with Gasteiger partial charge in [-0.1, -0.05) is 18.2 Å². The summed E-state index contributed by atoms with van der Waals surface area (Å²) in [6, 6.07) is 6.55. The van der Waals surface area contributed by atoms with E-state index >= 15 is 0 Å². The number of rotatable bonds is 6. The maximum Gasteiger partial charge on any atom is 0.160 e. The first kappa shape index (κ1) is 17.8. The third-order valence-electron chi connectivity index (χ3n) is 5.02. The van der Waals surface area contributed by atoms with Gasteiger partial charge in [0.2, 0.25) is 0 Å². The molecule has 1 fully saturated rings. The summed E-state index contributed by atoms with van der Waals surface area (Å²) < 4.78 is 19.5. The summed E-state index contributed by atoms with van der Waals surface area (Å²) in [5.74, 6) is 0.380. The lowest BCUT2D eigenvalue weighted by atomic mass is 9.93. The highest BCUT2D eigenvalue weighted by Gasteiger charge is 2.24. The summed E-state index contributed by atoms with van der Waals surface area (Å²) in [6.45, 7) is 0.102. The van der Waals surface area contributed by atoms with E-state index in [1.807, 2.05) is 0 Å². The molecule has 1 aliphatic carbocycles. The Morgan fingerprint density at radius 1 is 1.22 bits per heavy atom. The van der Waals surface area contributed by atoms with Crippen molar-refractivity contribution in [2.24, 2.45) is 0 Å². The molecule has 3 N–H and O–H groups in total. The van der Waals surface area contributed by atoms with Gasteiger partial charge in [-0.05, 0) is 31.7 Å². The molecule has 0 spiro atoms. The number of ether oxygens (including phenoxy) is 1. The zero-order chi connectivity index (χ0) is 18.6. The fourth-order valence-corrected chi connectivity index (χ4v) is 3.51. The Balaban J connectivity index is 1.27. The molecule has 8 heteroatoms. The smallest absolute Gasteiger partial charge is 0.160 e. The van der Waals surface area contributed by atoms with Crippen LogP contribution in [0, 0.1) is 5.82 Å². The van der Waals surface area contributed by atoms with Gasteiger partial charge < -0.3 is 15.2 Å². The molecule has 0 aliphatic heterocycles. The minimum absolute atomic E-state index is 0.0730. The number of aliphatic hydroxyl groups excluding tert-OH is 1. The number of H-pyrrole nitrogens is 1. The van der Waals surface area contributed by atoms with Crippen LogP contribution < -0.4 is 5.32 Å². The average Bonchev–Trinajstić information content (AvgIpc) is 3.17. The van der Waals surface area contributed by atoms with E-state index < -0.39 is 11.9 Å². The Bertz CT molecular complexity index is 894. The van der Waals surface area contributed by atoms with Crippen molar-refractivity contribution >= 4 is 16.9 Å². The molecule has 1 aliphatic rings. The summed E-state index contributed by atoms with van der Waals surface area (Å²) in [7, 11) is 0. The molecule has 1 atom stereocenters. The third-order valence-corrected chi connectivity index (χ3v) is 5.02. The number of aromatic nitrogens is 4. The largest absolute Gasteiger partial charge is 0.386 e. The van der Waals surface area contributed by atoms with E-state index in [2.05, 4.69) is 25.5 Å². The lowest BCUT2D eigenvalue weighted by molar-refractivity contribution is -0.0266. The fraction of sp³-hybridized carbons (Fsp3) is 0.421. The minimum Gasteiger partial charge on any atom is -0.386 e. The number of halogens is 1. The number of benzene rings is 1. The highest BCUT2D eigenvalue weighted by molar-refractivity contribution is 5.85. The lowest BCUT2D eigenvalue weighted by Crippen LogP contribution is -2.31. The van der Waals surface area contributed by atoms with Crippen molar-refractivity contribution in [1.29, 1.82) is 0 Å². The molecule has 7 nitrogen and oxygen atoms in total. The molecule has 0 radical (unpaired) electrons. The summed E-state index contributed by atoms with van der Waals surface area (Å²) >= 11 is 0. The van der Waals surface area contributed by atoms with E-state index in [0.29, 0.717) is 11.7 Å². The van der Waals surface area contributed by atoms with Crippen molar-refractivity contribution in [3.8, 4) is 0 Å². The number of aromatic amines is 1. The molecule has 2 aromatic heterocycles. The second-order valence-corrected chi connectivity index (χ2v) is 6.84. The topological polar surface area (TPSA) is 96.0 Å². The number of fused-ring (bicyclic) bond motifs is 1. The van der Waals surface area contributed by atoms with Gasteiger partial charge in [0.05, 0.1) is 24.3 Å². The number of nitrogens with one attached hydrogen (secondary N) is 2. The van der Waals surface area contributed by atoms with Gasteiger partial charge in [0, 0.05) is 11.6 Å². The highest BCUT2D eigenvalue weighted by atomic mass is 19.1. The van der Waals surface area contributed by atoms with Gasteiger partial charge in [-0.3, -0.25) is 5.10 Å². The number of hydrogen-bond donors (Lipinski definition) is 3. The zero-order valence-electron chi connectivity index (χ0n) is 14.8. The molecule has 1 saturated carbocycles. The van der Waals surface area contributed by atoms with Crippen molar-refractivity contribution in [2.45, 2.75) is 43.9 Å². The molecule has 4 rings (SSSR count). The summed E-state index contributed by atoms with van der Waals surface area (Å²) in [5, 5.41) is 21.3. The van der Waals surface area contributed by atoms with Gasteiger partial charge in [0.25, 0.3) is 0 Å². The van der Waals surface area contributed by atoms with Gasteiger partial charge in [-0.2, -0.15) is 5.10 Å². The van der Waals surface area contributed by atoms with Crippen LogP contribution in [0.1, 0.15) is 37.4 Å². The zero-order valence-corrected chi connectivity index (χ0v) is 14.8. The number of aliphatic hydroxyl groups is 1. The molecular formula is C19H22FN5O2. The lowest BCUT2D eigenvalue weighted by Gasteiger charge is -2.30. The average molecular weight is 371 g/mol. The Morgan fingerprint density at radius 2 is 2.04 bits per heavy atom. The fourth-order valence-electron chi connectivity index (χ4n) is 3.51. The van der Waals surface area contributed by atoms with E-state index in [-0.39, 0.29) is 18.3 Å². The second-order valence-electron chi connectivity index (χ2n) is 6.84. The maximum atomic E-state index is 13.7. The van der Waals surface area contributed by atoms with E-state index in [0.717, 1.165) is 36.9 Å². The minimum atomic E-state index is -0.947. The Morgan fingerprint density at radius 3 is 2.85 bits per heavy atom. The number of anilines is 1. The molecule has 0 unspecified atom stereocenters. The van der Waals surface area contributed by atoms with Crippen LogP contribution in [0.25, 0.3) is 11.0 Å². The van der Waals surface area contributed by atoms with Gasteiger partial charge in [-0.25, -0.2) is 14.4 Å². The van der Waals surface area contributed by atoms with Gasteiger partial charge in [-0.15, -0.1) is 0 Å². The van der Waals surface area contributed by atoms with Crippen molar-refractivity contribution in [3.63, 3.8) is 0 Å². The third kappa shape index (κ3) is 4.06. The first-order chi connectivity index (χ1) is 13.2. The summed E-state index contributed by atoms with van der Waals surface area (Å²) in [4.78, 5) is 8.45. The number of nitrogens with zero attached hydrogens (tertiary/aromatic N) is 3. The van der Waals surface area contributed by atoms with Crippen LogP contribution in [-0.4, -0.2) is 44.0 Å². The summed E-state index contributed by atoms with van der Waals surface area (Å²) in [5.41, 5.74) is 0.993. The van der Waals surface area contributed by atoms with Gasteiger partial charge in [0.1, 0.15) is 24.1 Å².